The molecule has 42 heavy (non-hydrogen) atoms. The van der Waals surface area contributed by atoms with Gasteiger partial charge in [-0.05, 0) is 105 Å². The normalized spacial score (nSPS) is 27.4. The van der Waals surface area contributed by atoms with Gasteiger partial charge in [0.2, 0.25) is 0 Å². The number of aliphatic hydroxyl groups excluding tert-OH is 1. The molecule has 1 saturated heterocycles. The molecule has 1 amide bonds. The lowest BCUT2D eigenvalue weighted by atomic mass is 9.82. The van der Waals surface area contributed by atoms with Crippen LogP contribution < -0.4 is 4.74 Å². The number of amides is 1. The third-order valence-corrected chi connectivity index (χ3v) is 11.1. The molecule has 3 saturated carbocycles. The molecule has 4 fully saturated rings. The van der Waals surface area contributed by atoms with Gasteiger partial charge in [-0.1, -0.05) is 19.1 Å². The Morgan fingerprint density at radius 2 is 1.83 bits per heavy atom. The number of hydrogen-bond acceptors (Lipinski definition) is 4. The molecule has 4 aliphatic rings. The number of methoxy groups -OCH3 is 1. The summed E-state index contributed by atoms with van der Waals surface area (Å²) in [6.45, 7) is 4.16. The van der Waals surface area contributed by atoms with Crippen molar-refractivity contribution in [2.45, 2.75) is 82.9 Å². The van der Waals surface area contributed by atoms with E-state index in [-0.39, 0.29) is 12.0 Å². The number of fused-ring (bicyclic) bond motifs is 4. The molecule has 2 unspecified atom stereocenters. The molecule has 220 valence electrons. The van der Waals surface area contributed by atoms with E-state index in [0.29, 0.717) is 41.0 Å². The monoisotopic (exact) mass is 566 g/mol. The van der Waals surface area contributed by atoms with Crippen molar-refractivity contribution in [1.82, 2.24) is 19.0 Å². The molecule has 2 aromatic heterocycles. The maximum absolute atomic E-state index is 13.8. The number of carbonyl (C=O) groups is 1. The van der Waals surface area contributed by atoms with Crippen LogP contribution in [0.15, 0.2) is 36.4 Å². The highest BCUT2D eigenvalue weighted by Crippen LogP contribution is 2.44. The van der Waals surface area contributed by atoms with E-state index in [1.165, 1.54) is 35.7 Å². The second kappa shape index (κ2) is 9.87. The van der Waals surface area contributed by atoms with Crippen LogP contribution in [-0.4, -0.2) is 55.8 Å². The van der Waals surface area contributed by atoms with Crippen molar-refractivity contribution in [3.05, 3.63) is 47.5 Å². The topological polar surface area (TPSA) is 72.5 Å². The Bertz CT molecular complexity index is 1690. The zero-order valence-corrected chi connectivity index (χ0v) is 25.1. The summed E-state index contributed by atoms with van der Waals surface area (Å²) in [6.07, 6.45) is 8.63. The van der Waals surface area contributed by atoms with E-state index in [0.717, 1.165) is 67.7 Å². The van der Waals surface area contributed by atoms with Gasteiger partial charge in [0.1, 0.15) is 11.3 Å². The number of ether oxygens (including phenoxy) is 1. The summed E-state index contributed by atoms with van der Waals surface area (Å²) in [7, 11) is 3.75. The van der Waals surface area contributed by atoms with Crippen LogP contribution in [0.5, 0.6) is 5.75 Å². The number of rotatable bonds is 6. The number of imidazole rings is 1. The highest BCUT2D eigenvalue weighted by molar-refractivity contribution is 6.00. The van der Waals surface area contributed by atoms with E-state index in [4.69, 9.17) is 9.72 Å². The minimum atomic E-state index is -0.144. The van der Waals surface area contributed by atoms with Crippen molar-refractivity contribution in [2.75, 3.05) is 13.7 Å². The maximum atomic E-state index is 13.8. The fourth-order valence-electron chi connectivity index (χ4n) is 8.40. The summed E-state index contributed by atoms with van der Waals surface area (Å²) in [5, 5.41) is 11.3. The number of piperidine rings is 1. The first-order chi connectivity index (χ1) is 20.4. The van der Waals surface area contributed by atoms with Crippen LogP contribution in [0.1, 0.15) is 80.1 Å². The van der Waals surface area contributed by atoms with Crippen LogP contribution in [-0.2, 0) is 13.6 Å². The lowest BCUT2D eigenvalue weighted by Crippen LogP contribution is -2.38. The number of aryl methyl sites for hydroxylation is 1. The average molecular weight is 567 g/mol. The number of benzene rings is 2. The van der Waals surface area contributed by atoms with Gasteiger partial charge >= 0.3 is 0 Å². The number of carbonyl (C=O) groups excluding carboxylic acids is 1. The molecule has 7 heteroatoms. The third kappa shape index (κ3) is 4.18. The Labute approximate surface area is 247 Å². The van der Waals surface area contributed by atoms with Crippen molar-refractivity contribution in [3.63, 3.8) is 0 Å². The van der Waals surface area contributed by atoms with Crippen LogP contribution in [0.3, 0.4) is 0 Å². The van der Waals surface area contributed by atoms with Gasteiger partial charge < -0.3 is 23.9 Å². The van der Waals surface area contributed by atoms with Gasteiger partial charge in [-0.2, -0.15) is 0 Å². The molecule has 1 N–H and O–H groups in total. The van der Waals surface area contributed by atoms with Crippen LogP contribution in [0, 0.1) is 17.8 Å². The predicted octanol–water partition coefficient (Wildman–Crippen LogP) is 6.50. The molecule has 7 nitrogen and oxygen atoms in total. The number of likely N-dealkylation sites (tertiary alicyclic amines) is 1. The smallest absolute Gasteiger partial charge is 0.254 e. The predicted molar refractivity (Wildman–Crippen MR) is 165 cm³/mol. The molecular formula is C35H42N4O3. The quantitative estimate of drug-likeness (QED) is 0.289. The summed E-state index contributed by atoms with van der Waals surface area (Å²) >= 11 is 0. The Morgan fingerprint density at radius 1 is 1.02 bits per heavy atom. The Balaban J connectivity index is 1.21. The molecular weight excluding hydrogens is 524 g/mol. The number of aromatic nitrogens is 3. The number of hydrogen-bond donors (Lipinski definition) is 1. The van der Waals surface area contributed by atoms with E-state index >= 15 is 0 Å². The van der Waals surface area contributed by atoms with Crippen LogP contribution >= 0.6 is 0 Å². The summed E-state index contributed by atoms with van der Waals surface area (Å²) in [5.41, 5.74) is 6.17. The SMILES string of the molecule is COc1cc(C(=O)N2CC3CCC2[C@@H]3C)cc2nc(-c3cc4ccc(C5CCC(O)CC5)cc4n3CC3CC3)n(C)c12. The van der Waals surface area contributed by atoms with E-state index < -0.39 is 0 Å². The fraction of sp³-hybridized carbons (Fsp3) is 0.543. The minimum Gasteiger partial charge on any atom is -0.494 e. The van der Waals surface area contributed by atoms with Gasteiger partial charge in [-0.25, -0.2) is 4.98 Å². The van der Waals surface area contributed by atoms with Gasteiger partial charge in [0, 0.05) is 42.6 Å². The summed E-state index contributed by atoms with van der Waals surface area (Å²) in [4.78, 5) is 21.0. The second-order valence-corrected chi connectivity index (χ2v) is 13.7. The zero-order valence-electron chi connectivity index (χ0n) is 25.1. The van der Waals surface area contributed by atoms with Crippen molar-refractivity contribution in [3.8, 4) is 17.3 Å². The summed E-state index contributed by atoms with van der Waals surface area (Å²) < 4.78 is 10.5. The summed E-state index contributed by atoms with van der Waals surface area (Å²) in [5.74, 6) is 4.13. The molecule has 0 radical (unpaired) electrons. The average Bonchev–Trinajstić information content (AvgIpc) is 3.41. The second-order valence-electron chi connectivity index (χ2n) is 13.7. The van der Waals surface area contributed by atoms with Gasteiger partial charge in [0.25, 0.3) is 5.91 Å². The van der Waals surface area contributed by atoms with Crippen LogP contribution in [0.25, 0.3) is 33.5 Å². The maximum Gasteiger partial charge on any atom is 0.254 e. The molecule has 4 aromatic rings. The molecule has 0 spiro atoms. The summed E-state index contributed by atoms with van der Waals surface area (Å²) in [6, 6.07) is 13.5. The first kappa shape index (κ1) is 26.3. The van der Waals surface area contributed by atoms with Crippen molar-refractivity contribution < 1.29 is 14.6 Å². The first-order valence-electron chi connectivity index (χ1n) is 16.1. The fourth-order valence-corrected chi connectivity index (χ4v) is 8.40. The molecule has 2 bridgehead atoms. The molecule has 3 atom stereocenters. The van der Waals surface area contributed by atoms with Crippen molar-refractivity contribution in [2.24, 2.45) is 24.8 Å². The standard InChI is InChI=1S/C35H42N4O3/c1-20-25-10-13-29(20)39(19-25)35(41)26-14-28-33(32(17-26)42-3)37(2)34(36-28)31-16-24-7-6-23(22-8-11-27(40)12-9-22)15-30(24)38(31)18-21-4-5-21/h6-7,14-17,20-22,25,27,29,40H,4-5,8-13,18-19H2,1-3H3/t20-,22?,25?,27?,29?/m1/s1. The molecule has 2 aromatic carbocycles. The highest BCUT2D eigenvalue weighted by atomic mass is 16.5. The lowest BCUT2D eigenvalue weighted by molar-refractivity contribution is 0.0696. The van der Waals surface area contributed by atoms with E-state index in [1.807, 2.05) is 12.1 Å². The zero-order chi connectivity index (χ0) is 28.7. The van der Waals surface area contributed by atoms with Crippen LogP contribution in [0.2, 0.25) is 0 Å². The number of aliphatic hydroxyl groups is 1. The van der Waals surface area contributed by atoms with Crippen LogP contribution in [0.4, 0.5) is 0 Å². The Morgan fingerprint density at radius 3 is 2.52 bits per heavy atom. The van der Waals surface area contributed by atoms with Gasteiger partial charge in [-0.15, -0.1) is 0 Å². The van der Waals surface area contributed by atoms with E-state index in [1.54, 1.807) is 7.11 Å². The number of nitrogens with zero attached hydrogens (tertiary/aromatic N) is 4. The largest absolute Gasteiger partial charge is 0.494 e. The van der Waals surface area contributed by atoms with Crippen molar-refractivity contribution >= 4 is 27.8 Å². The Hall–Kier alpha value is -3.32. The van der Waals surface area contributed by atoms with Gasteiger partial charge in [0.05, 0.1) is 24.4 Å². The molecule has 1 aliphatic heterocycles. The van der Waals surface area contributed by atoms with E-state index in [9.17, 15) is 9.90 Å². The van der Waals surface area contributed by atoms with E-state index in [2.05, 4.69) is 52.3 Å². The minimum absolute atomic E-state index is 0.104. The van der Waals surface area contributed by atoms with Gasteiger partial charge in [0.15, 0.2) is 5.82 Å². The highest BCUT2D eigenvalue weighted by Gasteiger charge is 2.46. The third-order valence-electron chi connectivity index (χ3n) is 11.1. The van der Waals surface area contributed by atoms with Gasteiger partial charge in [-0.3, -0.25) is 4.79 Å². The molecule has 8 rings (SSSR count). The van der Waals surface area contributed by atoms with Crippen molar-refractivity contribution in [1.29, 1.82) is 0 Å². The first-order valence-corrected chi connectivity index (χ1v) is 16.1. The molecule has 3 aliphatic carbocycles. The lowest BCUT2D eigenvalue weighted by Gasteiger charge is -2.27. The molecule has 3 heterocycles. The Kier molecular flexibility index (Phi) is 6.18.